The molecule has 3 heterocycles. The third-order valence-corrected chi connectivity index (χ3v) is 8.77. The predicted molar refractivity (Wildman–Crippen MR) is 112 cm³/mol. The molecular formula is C20H20N2O3S3. The highest BCUT2D eigenvalue weighted by molar-refractivity contribution is 7.89. The molecule has 3 aromatic rings. The maximum Gasteiger partial charge on any atom is 0.251 e. The lowest BCUT2D eigenvalue weighted by atomic mass is 10.1. The summed E-state index contributed by atoms with van der Waals surface area (Å²) in [7, 11) is -3.64. The Balaban J connectivity index is 1.51. The van der Waals surface area contributed by atoms with Gasteiger partial charge in [-0.05, 0) is 65.6 Å². The van der Waals surface area contributed by atoms with Crippen LogP contribution in [0.1, 0.15) is 31.2 Å². The molecule has 28 heavy (non-hydrogen) atoms. The highest BCUT2D eigenvalue weighted by Gasteiger charge is 2.29. The molecule has 146 valence electrons. The van der Waals surface area contributed by atoms with Crippen LogP contribution in [-0.2, 0) is 29.5 Å². The Morgan fingerprint density at radius 2 is 2.00 bits per heavy atom. The Bertz CT molecular complexity index is 1120. The molecule has 2 aromatic heterocycles. The standard InChI is InChI=1S/C20H20N2O3S3/c1-14-6-9-27-19(14)12-21-20(23)15-3-2-4-17(11-15)28(24,25)22-8-5-18-16(13-22)7-10-26-18/h2-4,6-7,9-11H,5,8,12-13H2,1H3,(H,21,23). The van der Waals surface area contributed by atoms with Crippen LogP contribution in [0.2, 0.25) is 0 Å². The Hall–Kier alpha value is -2.00. The van der Waals surface area contributed by atoms with Gasteiger partial charge in [-0.2, -0.15) is 4.31 Å². The number of hydrogen-bond donors (Lipinski definition) is 1. The summed E-state index contributed by atoms with van der Waals surface area (Å²) >= 11 is 3.26. The molecule has 8 heteroatoms. The molecular weight excluding hydrogens is 412 g/mol. The van der Waals surface area contributed by atoms with E-state index in [0.717, 1.165) is 22.4 Å². The molecule has 5 nitrogen and oxygen atoms in total. The van der Waals surface area contributed by atoms with E-state index in [4.69, 9.17) is 0 Å². The van der Waals surface area contributed by atoms with Crippen molar-refractivity contribution in [2.24, 2.45) is 0 Å². The first kappa shape index (κ1) is 19.3. The molecule has 0 fully saturated rings. The molecule has 4 rings (SSSR count). The van der Waals surface area contributed by atoms with Gasteiger partial charge in [0.05, 0.1) is 11.4 Å². The van der Waals surface area contributed by atoms with E-state index in [1.165, 1.54) is 15.2 Å². The van der Waals surface area contributed by atoms with E-state index in [2.05, 4.69) is 5.32 Å². The first-order valence-corrected chi connectivity index (χ1v) is 12.1. The van der Waals surface area contributed by atoms with Crippen LogP contribution in [0.3, 0.4) is 0 Å². The lowest BCUT2D eigenvalue weighted by Crippen LogP contribution is -2.35. The quantitative estimate of drug-likeness (QED) is 0.667. The van der Waals surface area contributed by atoms with Gasteiger partial charge in [-0.15, -0.1) is 22.7 Å². The highest BCUT2D eigenvalue weighted by atomic mass is 32.2. The van der Waals surface area contributed by atoms with Crippen LogP contribution in [0.5, 0.6) is 0 Å². The molecule has 0 radical (unpaired) electrons. The molecule has 1 aromatic carbocycles. The number of nitrogens with one attached hydrogen (secondary N) is 1. The van der Waals surface area contributed by atoms with Crippen molar-refractivity contribution < 1.29 is 13.2 Å². The van der Waals surface area contributed by atoms with Gasteiger partial charge in [0.15, 0.2) is 0 Å². The second kappa shape index (κ2) is 7.79. The number of hydrogen-bond acceptors (Lipinski definition) is 5. The van der Waals surface area contributed by atoms with Gasteiger partial charge in [-0.25, -0.2) is 8.42 Å². The number of benzene rings is 1. The van der Waals surface area contributed by atoms with E-state index < -0.39 is 10.0 Å². The lowest BCUT2D eigenvalue weighted by molar-refractivity contribution is 0.0951. The van der Waals surface area contributed by atoms with Crippen LogP contribution >= 0.6 is 22.7 Å². The SMILES string of the molecule is Cc1ccsc1CNC(=O)c1cccc(S(=O)(=O)N2CCc3sccc3C2)c1. The molecule has 1 amide bonds. The van der Waals surface area contributed by atoms with E-state index in [-0.39, 0.29) is 10.8 Å². The number of fused-ring (bicyclic) bond motifs is 1. The fourth-order valence-corrected chi connectivity index (χ4v) is 6.42. The topological polar surface area (TPSA) is 66.5 Å². The molecule has 0 unspecified atom stereocenters. The summed E-state index contributed by atoms with van der Waals surface area (Å²) < 4.78 is 27.7. The maximum absolute atomic E-state index is 13.1. The van der Waals surface area contributed by atoms with Crippen molar-refractivity contribution in [3.05, 3.63) is 73.6 Å². The van der Waals surface area contributed by atoms with Gasteiger partial charge in [0.1, 0.15) is 0 Å². The number of carbonyl (C=O) groups excluding carboxylic acids is 1. The van der Waals surface area contributed by atoms with Crippen LogP contribution in [0, 0.1) is 6.92 Å². The second-order valence-electron chi connectivity index (χ2n) is 6.69. The van der Waals surface area contributed by atoms with Crippen LogP contribution in [0.4, 0.5) is 0 Å². The van der Waals surface area contributed by atoms with Crippen LogP contribution in [0.15, 0.2) is 52.1 Å². The number of nitrogens with zero attached hydrogens (tertiary/aromatic N) is 1. The summed E-state index contributed by atoms with van der Waals surface area (Å²) in [4.78, 5) is 15.0. The van der Waals surface area contributed by atoms with Crippen LogP contribution in [0.25, 0.3) is 0 Å². The Morgan fingerprint density at radius 1 is 1.18 bits per heavy atom. The first-order chi connectivity index (χ1) is 13.4. The third-order valence-electron chi connectivity index (χ3n) is 4.88. The number of amides is 1. The summed E-state index contributed by atoms with van der Waals surface area (Å²) in [5.74, 6) is -0.274. The van der Waals surface area contributed by atoms with E-state index in [1.807, 2.05) is 29.8 Å². The Morgan fingerprint density at radius 3 is 2.79 bits per heavy atom. The molecule has 0 saturated carbocycles. The number of sulfonamides is 1. The van der Waals surface area contributed by atoms with Gasteiger partial charge >= 0.3 is 0 Å². The largest absolute Gasteiger partial charge is 0.347 e. The Kier molecular flexibility index (Phi) is 5.37. The van der Waals surface area contributed by atoms with Crippen molar-refractivity contribution in [1.82, 2.24) is 9.62 Å². The third kappa shape index (κ3) is 3.77. The molecule has 0 bridgehead atoms. The summed E-state index contributed by atoms with van der Waals surface area (Å²) in [5, 5.41) is 6.86. The van der Waals surface area contributed by atoms with Crippen molar-refractivity contribution >= 4 is 38.6 Å². The summed E-state index contributed by atoms with van der Waals surface area (Å²) in [5.41, 5.74) is 2.56. The first-order valence-electron chi connectivity index (χ1n) is 8.92. The van der Waals surface area contributed by atoms with Gasteiger partial charge in [0.25, 0.3) is 5.91 Å². The zero-order valence-electron chi connectivity index (χ0n) is 15.3. The van der Waals surface area contributed by atoms with Crippen molar-refractivity contribution in [2.75, 3.05) is 6.54 Å². The molecule has 0 aliphatic carbocycles. The van der Waals surface area contributed by atoms with Crippen LogP contribution < -0.4 is 5.32 Å². The number of rotatable bonds is 5. The molecule has 0 spiro atoms. The van der Waals surface area contributed by atoms with E-state index >= 15 is 0 Å². The Labute approximate surface area is 172 Å². The summed E-state index contributed by atoms with van der Waals surface area (Å²) in [6, 6.07) is 10.3. The molecule has 0 saturated heterocycles. The molecule has 1 aliphatic heterocycles. The summed E-state index contributed by atoms with van der Waals surface area (Å²) in [6.07, 6.45) is 0.729. The smallest absolute Gasteiger partial charge is 0.251 e. The molecule has 1 N–H and O–H groups in total. The van der Waals surface area contributed by atoms with E-state index in [1.54, 1.807) is 40.9 Å². The minimum atomic E-state index is -3.64. The fourth-order valence-electron chi connectivity index (χ4n) is 3.22. The van der Waals surface area contributed by atoms with Crippen LogP contribution in [-0.4, -0.2) is 25.2 Å². The van der Waals surface area contributed by atoms with Gasteiger partial charge in [-0.1, -0.05) is 6.07 Å². The zero-order valence-corrected chi connectivity index (χ0v) is 17.8. The zero-order chi connectivity index (χ0) is 19.7. The number of aryl methyl sites for hydroxylation is 1. The van der Waals surface area contributed by atoms with E-state index in [0.29, 0.717) is 25.2 Å². The van der Waals surface area contributed by atoms with Gasteiger partial charge in [0, 0.05) is 28.4 Å². The van der Waals surface area contributed by atoms with Gasteiger partial charge in [0.2, 0.25) is 10.0 Å². The van der Waals surface area contributed by atoms with Gasteiger partial charge < -0.3 is 5.32 Å². The van der Waals surface area contributed by atoms with Crippen molar-refractivity contribution in [3.63, 3.8) is 0 Å². The van der Waals surface area contributed by atoms with Crippen molar-refractivity contribution in [2.45, 2.75) is 31.3 Å². The number of thiophene rings is 2. The monoisotopic (exact) mass is 432 g/mol. The van der Waals surface area contributed by atoms with E-state index in [9.17, 15) is 13.2 Å². The van der Waals surface area contributed by atoms with Crippen molar-refractivity contribution in [1.29, 1.82) is 0 Å². The average molecular weight is 433 g/mol. The van der Waals surface area contributed by atoms with Crippen molar-refractivity contribution in [3.8, 4) is 0 Å². The minimum Gasteiger partial charge on any atom is -0.347 e. The fraction of sp³-hybridized carbons (Fsp3) is 0.250. The second-order valence-corrected chi connectivity index (χ2v) is 10.6. The minimum absolute atomic E-state index is 0.158. The maximum atomic E-state index is 13.1. The molecule has 1 aliphatic rings. The predicted octanol–water partition coefficient (Wildman–Crippen LogP) is 3.80. The highest BCUT2D eigenvalue weighted by Crippen LogP contribution is 2.28. The lowest BCUT2D eigenvalue weighted by Gasteiger charge is -2.26. The number of carbonyl (C=O) groups is 1. The van der Waals surface area contributed by atoms with Gasteiger partial charge in [-0.3, -0.25) is 4.79 Å². The summed E-state index contributed by atoms with van der Waals surface area (Å²) in [6.45, 7) is 3.29. The average Bonchev–Trinajstić information content (AvgIpc) is 3.34. The normalized spacial score (nSPS) is 14.6. The molecule has 0 atom stereocenters.